The molecule has 0 bridgehead atoms. The summed E-state index contributed by atoms with van der Waals surface area (Å²) in [7, 11) is 1.60. The maximum Gasteiger partial charge on any atom is 0.260 e. The lowest BCUT2D eigenvalue weighted by Crippen LogP contribution is -2.43. The zero-order valence-corrected chi connectivity index (χ0v) is 14.3. The second-order valence-electron chi connectivity index (χ2n) is 5.81. The molecule has 0 unspecified atom stereocenters. The monoisotopic (exact) mass is 346 g/mol. The van der Waals surface area contributed by atoms with Gasteiger partial charge in [0.15, 0.2) is 6.61 Å². The smallest absolute Gasteiger partial charge is 0.260 e. The summed E-state index contributed by atoms with van der Waals surface area (Å²) in [5.74, 6) is 0.462. The summed E-state index contributed by atoms with van der Waals surface area (Å²) in [6.07, 6.45) is 1.72. The van der Waals surface area contributed by atoms with Crippen LogP contribution in [0.15, 0.2) is 35.3 Å². The molecule has 0 atom stereocenters. The minimum atomic E-state index is -0.0977. The Labute approximate surface area is 145 Å². The highest BCUT2D eigenvalue weighted by Gasteiger charge is 2.17. The van der Waals surface area contributed by atoms with Crippen LogP contribution in [0.25, 0.3) is 10.8 Å². The summed E-state index contributed by atoms with van der Waals surface area (Å²) in [5.41, 5.74) is -0.0977. The highest BCUT2D eigenvalue weighted by atomic mass is 16.5. The first kappa shape index (κ1) is 17.4. The predicted molar refractivity (Wildman–Crippen MR) is 93.0 cm³/mol. The van der Waals surface area contributed by atoms with E-state index in [1.165, 1.54) is 0 Å². The van der Waals surface area contributed by atoms with Gasteiger partial charge in [-0.05, 0) is 18.2 Å². The largest absolute Gasteiger partial charge is 0.483 e. The van der Waals surface area contributed by atoms with E-state index in [0.29, 0.717) is 56.0 Å². The van der Waals surface area contributed by atoms with Crippen LogP contribution in [0.1, 0.15) is 0 Å². The number of carbonyl (C=O) groups excluding carboxylic acids is 1. The third-order valence-electron chi connectivity index (χ3n) is 4.23. The van der Waals surface area contributed by atoms with Crippen molar-refractivity contribution < 1.29 is 19.0 Å². The first-order valence-corrected chi connectivity index (χ1v) is 8.30. The lowest BCUT2D eigenvalue weighted by atomic mass is 10.1. The van der Waals surface area contributed by atoms with Crippen LogP contribution in [0, 0.1) is 0 Å². The molecule has 1 amide bonds. The topological polar surface area (TPSA) is 70.0 Å². The molecular formula is C18H22N2O5. The Morgan fingerprint density at radius 3 is 2.76 bits per heavy atom. The van der Waals surface area contributed by atoms with Crippen molar-refractivity contribution in [3.8, 4) is 5.75 Å². The van der Waals surface area contributed by atoms with E-state index in [2.05, 4.69) is 0 Å². The molecule has 1 aromatic carbocycles. The summed E-state index contributed by atoms with van der Waals surface area (Å²) >= 11 is 0. The Kier molecular flexibility index (Phi) is 5.67. The molecule has 0 aliphatic carbocycles. The lowest BCUT2D eigenvalue weighted by Gasteiger charge is -2.26. The first-order chi connectivity index (χ1) is 12.2. The van der Waals surface area contributed by atoms with Gasteiger partial charge in [-0.25, -0.2) is 0 Å². The standard InChI is InChI=1S/C18H22N2O5/c1-23-10-7-20-6-5-14-15(18(20)22)3-2-4-16(14)25-13-17(21)19-8-11-24-12-9-19/h2-6H,7-13H2,1H3. The molecule has 3 rings (SSSR count). The molecular weight excluding hydrogens is 324 g/mol. The third-order valence-corrected chi connectivity index (χ3v) is 4.23. The molecule has 2 heterocycles. The van der Waals surface area contributed by atoms with E-state index in [0.717, 1.165) is 0 Å². The number of pyridine rings is 1. The van der Waals surface area contributed by atoms with Crippen LogP contribution in [-0.2, 0) is 20.8 Å². The summed E-state index contributed by atoms with van der Waals surface area (Å²) in [6, 6.07) is 7.13. The van der Waals surface area contributed by atoms with Gasteiger partial charge in [0.2, 0.25) is 0 Å². The van der Waals surface area contributed by atoms with Gasteiger partial charge in [0.1, 0.15) is 5.75 Å². The van der Waals surface area contributed by atoms with Crippen LogP contribution in [0.5, 0.6) is 5.75 Å². The Morgan fingerprint density at radius 1 is 1.20 bits per heavy atom. The second kappa shape index (κ2) is 8.13. The zero-order chi connectivity index (χ0) is 17.6. The number of carbonyl (C=O) groups is 1. The van der Waals surface area contributed by atoms with Crippen molar-refractivity contribution in [1.29, 1.82) is 0 Å². The number of amides is 1. The van der Waals surface area contributed by atoms with Crippen LogP contribution in [0.4, 0.5) is 0 Å². The van der Waals surface area contributed by atoms with Crippen LogP contribution in [-0.4, -0.2) is 62.0 Å². The molecule has 0 N–H and O–H groups in total. The summed E-state index contributed by atoms with van der Waals surface area (Å²) < 4.78 is 17.6. The van der Waals surface area contributed by atoms with Crippen molar-refractivity contribution in [3.63, 3.8) is 0 Å². The minimum Gasteiger partial charge on any atom is -0.483 e. The fourth-order valence-electron chi connectivity index (χ4n) is 2.82. The average molecular weight is 346 g/mol. The number of morpholine rings is 1. The maximum absolute atomic E-state index is 12.5. The zero-order valence-electron chi connectivity index (χ0n) is 14.3. The van der Waals surface area contributed by atoms with E-state index in [1.54, 1.807) is 41.0 Å². The van der Waals surface area contributed by atoms with Crippen molar-refractivity contribution >= 4 is 16.7 Å². The highest BCUT2D eigenvalue weighted by molar-refractivity contribution is 5.88. The van der Waals surface area contributed by atoms with Crippen LogP contribution in [0.2, 0.25) is 0 Å². The average Bonchev–Trinajstić information content (AvgIpc) is 2.66. The van der Waals surface area contributed by atoms with Gasteiger partial charge in [-0.2, -0.15) is 0 Å². The Balaban J connectivity index is 1.76. The molecule has 2 aromatic rings. The van der Waals surface area contributed by atoms with Crippen LogP contribution in [0.3, 0.4) is 0 Å². The first-order valence-electron chi connectivity index (χ1n) is 8.30. The number of nitrogens with zero attached hydrogens (tertiary/aromatic N) is 2. The van der Waals surface area contributed by atoms with Gasteiger partial charge in [0, 0.05) is 38.3 Å². The van der Waals surface area contributed by atoms with Crippen LogP contribution >= 0.6 is 0 Å². The Morgan fingerprint density at radius 2 is 2.00 bits per heavy atom. The summed E-state index contributed by atoms with van der Waals surface area (Å²) in [6.45, 7) is 3.19. The minimum absolute atomic E-state index is 0.0497. The van der Waals surface area contributed by atoms with E-state index >= 15 is 0 Å². The fraction of sp³-hybridized carbons (Fsp3) is 0.444. The Bertz CT molecular complexity index is 796. The van der Waals surface area contributed by atoms with Gasteiger partial charge >= 0.3 is 0 Å². The normalized spacial score (nSPS) is 14.7. The number of methoxy groups -OCH3 is 1. The molecule has 1 fully saturated rings. The number of aromatic nitrogens is 1. The predicted octanol–water partition coefficient (Wildman–Crippen LogP) is 0.885. The number of hydrogen-bond acceptors (Lipinski definition) is 5. The van der Waals surface area contributed by atoms with Gasteiger partial charge in [-0.15, -0.1) is 0 Å². The third kappa shape index (κ3) is 4.00. The molecule has 0 radical (unpaired) electrons. The summed E-state index contributed by atoms with van der Waals surface area (Å²) in [5, 5.41) is 1.27. The van der Waals surface area contributed by atoms with E-state index in [9.17, 15) is 9.59 Å². The highest BCUT2D eigenvalue weighted by Crippen LogP contribution is 2.23. The molecule has 7 heteroatoms. The quantitative estimate of drug-likeness (QED) is 0.777. The molecule has 134 valence electrons. The number of benzene rings is 1. The van der Waals surface area contributed by atoms with Gasteiger partial charge in [0.25, 0.3) is 11.5 Å². The van der Waals surface area contributed by atoms with E-state index in [4.69, 9.17) is 14.2 Å². The van der Waals surface area contributed by atoms with Crippen molar-refractivity contribution in [1.82, 2.24) is 9.47 Å². The van der Waals surface area contributed by atoms with E-state index in [-0.39, 0.29) is 18.1 Å². The Hall–Kier alpha value is -2.38. The molecule has 1 aromatic heterocycles. The van der Waals surface area contributed by atoms with E-state index in [1.807, 2.05) is 6.07 Å². The van der Waals surface area contributed by atoms with Crippen LogP contribution < -0.4 is 10.3 Å². The van der Waals surface area contributed by atoms with Gasteiger partial charge < -0.3 is 23.7 Å². The molecule has 25 heavy (non-hydrogen) atoms. The van der Waals surface area contributed by atoms with Crippen molar-refractivity contribution in [2.45, 2.75) is 6.54 Å². The van der Waals surface area contributed by atoms with Gasteiger partial charge in [0.05, 0.1) is 25.2 Å². The van der Waals surface area contributed by atoms with Crippen molar-refractivity contribution in [2.24, 2.45) is 0 Å². The molecule has 0 saturated carbocycles. The maximum atomic E-state index is 12.5. The van der Waals surface area contributed by atoms with Crippen molar-refractivity contribution in [3.05, 3.63) is 40.8 Å². The number of ether oxygens (including phenoxy) is 3. The van der Waals surface area contributed by atoms with E-state index < -0.39 is 0 Å². The SMILES string of the molecule is COCCn1ccc2c(OCC(=O)N3CCOCC3)cccc2c1=O. The number of rotatable bonds is 6. The molecule has 1 aliphatic heterocycles. The number of hydrogen-bond donors (Lipinski definition) is 0. The van der Waals surface area contributed by atoms with Gasteiger partial charge in [-0.1, -0.05) is 6.07 Å². The summed E-state index contributed by atoms with van der Waals surface area (Å²) in [4.78, 5) is 26.5. The van der Waals surface area contributed by atoms with Crippen molar-refractivity contribution in [2.75, 3.05) is 46.6 Å². The molecule has 0 spiro atoms. The fourth-order valence-corrected chi connectivity index (χ4v) is 2.82. The lowest BCUT2D eigenvalue weighted by molar-refractivity contribution is -0.137. The molecule has 1 saturated heterocycles. The number of fused-ring (bicyclic) bond motifs is 1. The van der Waals surface area contributed by atoms with Gasteiger partial charge in [-0.3, -0.25) is 9.59 Å². The molecule has 1 aliphatic rings. The molecule has 7 nitrogen and oxygen atoms in total. The second-order valence-corrected chi connectivity index (χ2v) is 5.81.